The Morgan fingerprint density at radius 1 is 1.00 bits per heavy atom. The number of amides is 1. The molecule has 0 saturated carbocycles. The molecular formula is C21H24N2O4. The van der Waals surface area contributed by atoms with Crippen LogP contribution in [0.2, 0.25) is 0 Å². The summed E-state index contributed by atoms with van der Waals surface area (Å²) in [5.74, 6) is 1.26. The fourth-order valence-corrected chi connectivity index (χ4v) is 3.18. The normalized spacial score (nSPS) is 18.7. The Morgan fingerprint density at radius 2 is 1.59 bits per heavy atom. The van der Waals surface area contributed by atoms with Gasteiger partial charge in [-0.15, -0.1) is 0 Å². The second-order valence-electron chi connectivity index (χ2n) is 6.55. The van der Waals surface area contributed by atoms with Crippen molar-refractivity contribution in [3.05, 3.63) is 59.7 Å². The highest BCUT2D eigenvalue weighted by Gasteiger charge is 2.33. The lowest BCUT2D eigenvalue weighted by atomic mass is 9.95. The molecule has 142 valence electrons. The van der Waals surface area contributed by atoms with Crippen molar-refractivity contribution < 1.29 is 19.1 Å². The van der Waals surface area contributed by atoms with Gasteiger partial charge in [0, 0.05) is 24.6 Å². The summed E-state index contributed by atoms with van der Waals surface area (Å²) in [4.78, 5) is 25.0. The fraction of sp³-hybridized carbons (Fsp3) is 0.333. The molecule has 3 rings (SSSR count). The number of hydrogen-bond acceptors (Lipinski definition) is 5. The number of nitrogens with one attached hydrogen (secondary N) is 2. The molecule has 2 aromatic carbocycles. The number of rotatable bonds is 7. The van der Waals surface area contributed by atoms with Crippen molar-refractivity contribution in [2.24, 2.45) is 5.92 Å². The Labute approximate surface area is 158 Å². The molecule has 2 N–H and O–H groups in total. The minimum absolute atomic E-state index is 0.0515. The molecule has 1 amide bonds. The van der Waals surface area contributed by atoms with Gasteiger partial charge in [0.15, 0.2) is 5.78 Å². The Morgan fingerprint density at radius 3 is 2.19 bits per heavy atom. The van der Waals surface area contributed by atoms with Crippen molar-refractivity contribution in [1.82, 2.24) is 10.6 Å². The lowest BCUT2D eigenvalue weighted by Crippen LogP contribution is -2.39. The van der Waals surface area contributed by atoms with E-state index in [-0.39, 0.29) is 23.7 Å². The zero-order valence-corrected chi connectivity index (χ0v) is 15.5. The molecule has 1 fully saturated rings. The molecule has 1 saturated heterocycles. The number of ether oxygens (including phenoxy) is 2. The number of hydrogen-bond donors (Lipinski definition) is 2. The van der Waals surface area contributed by atoms with Gasteiger partial charge in [0.1, 0.15) is 11.5 Å². The molecule has 2 unspecified atom stereocenters. The van der Waals surface area contributed by atoms with E-state index < -0.39 is 0 Å². The average Bonchev–Trinajstić information content (AvgIpc) is 3.22. The van der Waals surface area contributed by atoms with Crippen molar-refractivity contribution in [1.29, 1.82) is 0 Å². The molecule has 0 radical (unpaired) electrons. The molecule has 6 heteroatoms. The number of carbonyl (C=O) groups excluding carboxylic acids is 2. The number of carbonyl (C=O) groups is 2. The van der Waals surface area contributed by atoms with Crippen LogP contribution in [0.5, 0.6) is 11.5 Å². The summed E-state index contributed by atoms with van der Waals surface area (Å²) >= 11 is 0. The highest BCUT2D eigenvalue weighted by atomic mass is 16.5. The zero-order valence-electron chi connectivity index (χ0n) is 15.5. The molecule has 1 aliphatic rings. The minimum Gasteiger partial charge on any atom is -0.497 e. The summed E-state index contributed by atoms with van der Waals surface area (Å²) in [6.45, 7) is 0.948. The van der Waals surface area contributed by atoms with Crippen LogP contribution in [0.3, 0.4) is 0 Å². The van der Waals surface area contributed by atoms with Crippen LogP contribution in [-0.2, 0) is 11.3 Å². The van der Waals surface area contributed by atoms with Crippen molar-refractivity contribution in [3.63, 3.8) is 0 Å². The Kier molecular flexibility index (Phi) is 6.08. The van der Waals surface area contributed by atoms with Crippen LogP contribution < -0.4 is 20.1 Å². The second kappa shape index (κ2) is 8.68. The van der Waals surface area contributed by atoms with Crippen LogP contribution in [-0.4, -0.2) is 38.5 Å². The number of benzene rings is 2. The van der Waals surface area contributed by atoms with Crippen LogP contribution >= 0.6 is 0 Å². The average molecular weight is 368 g/mol. The minimum atomic E-state index is -0.351. The van der Waals surface area contributed by atoms with Crippen molar-refractivity contribution in [2.45, 2.75) is 19.0 Å². The molecule has 0 spiro atoms. The lowest BCUT2D eigenvalue weighted by molar-refractivity contribution is -0.122. The van der Waals surface area contributed by atoms with Crippen LogP contribution in [0.1, 0.15) is 22.3 Å². The van der Waals surface area contributed by atoms with Crippen LogP contribution in [0.4, 0.5) is 0 Å². The van der Waals surface area contributed by atoms with Gasteiger partial charge in [0.25, 0.3) is 0 Å². The molecule has 1 aliphatic heterocycles. The summed E-state index contributed by atoms with van der Waals surface area (Å²) in [5, 5.41) is 6.08. The molecule has 2 aromatic rings. The summed E-state index contributed by atoms with van der Waals surface area (Å²) in [7, 11) is 3.21. The third-order valence-electron chi connectivity index (χ3n) is 4.82. The molecule has 1 heterocycles. The number of Topliss-reactive ketones (excluding diaryl/α,β-unsaturated/α-hetero) is 1. The predicted molar refractivity (Wildman–Crippen MR) is 102 cm³/mol. The molecular weight excluding hydrogens is 344 g/mol. The van der Waals surface area contributed by atoms with Crippen LogP contribution in [0, 0.1) is 5.92 Å². The molecule has 0 aliphatic carbocycles. The Hall–Kier alpha value is -2.86. The van der Waals surface area contributed by atoms with E-state index in [9.17, 15) is 9.59 Å². The van der Waals surface area contributed by atoms with E-state index in [4.69, 9.17) is 9.47 Å². The SMILES string of the molecule is COc1ccc(CNC(=O)C2CC(C(=O)c3ccc(OC)cc3)CN2)cc1. The summed E-state index contributed by atoms with van der Waals surface area (Å²) in [5.41, 5.74) is 1.63. The van der Waals surface area contributed by atoms with Gasteiger partial charge in [-0.25, -0.2) is 0 Å². The molecule has 0 bridgehead atoms. The molecule has 27 heavy (non-hydrogen) atoms. The van der Waals surface area contributed by atoms with Gasteiger partial charge >= 0.3 is 0 Å². The van der Waals surface area contributed by atoms with Crippen molar-refractivity contribution >= 4 is 11.7 Å². The first-order valence-corrected chi connectivity index (χ1v) is 8.93. The van der Waals surface area contributed by atoms with E-state index in [0.717, 1.165) is 11.3 Å². The highest BCUT2D eigenvalue weighted by molar-refractivity contribution is 5.99. The topological polar surface area (TPSA) is 76.7 Å². The first-order valence-electron chi connectivity index (χ1n) is 8.93. The van der Waals surface area contributed by atoms with E-state index in [1.807, 2.05) is 24.3 Å². The maximum absolute atomic E-state index is 12.6. The Balaban J connectivity index is 1.51. The first kappa shape index (κ1) is 18.9. The fourth-order valence-electron chi connectivity index (χ4n) is 3.18. The first-order chi connectivity index (χ1) is 13.1. The maximum Gasteiger partial charge on any atom is 0.237 e. The van der Waals surface area contributed by atoms with Gasteiger partial charge in [-0.05, 0) is 48.4 Å². The maximum atomic E-state index is 12.6. The second-order valence-corrected chi connectivity index (χ2v) is 6.55. The van der Waals surface area contributed by atoms with Gasteiger partial charge in [-0.3, -0.25) is 9.59 Å². The van der Waals surface area contributed by atoms with Crippen molar-refractivity contribution in [2.75, 3.05) is 20.8 Å². The Bertz CT molecular complexity index is 787. The molecule has 2 atom stereocenters. The lowest BCUT2D eigenvalue weighted by Gasteiger charge is -2.12. The van der Waals surface area contributed by atoms with Crippen LogP contribution in [0.15, 0.2) is 48.5 Å². The number of methoxy groups -OCH3 is 2. The van der Waals surface area contributed by atoms with Crippen LogP contribution in [0.25, 0.3) is 0 Å². The third kappa shape index (κ3) is 4.65. The summed E-state index contributed by atoms with van der Waals surface area (Å²) < 4.78 is 10.2. The van der Waals surface area contributed by atoms with Crippen molar-refractivity contribution in [3.8, 4) is 11.5 Å². The molecule has 6 nitrogen and oxygen atoms in total. The van der Waals surface area contributed by atoms with E-state index in [1.165, 1.54) is 0 Å². The highest BCUT2D eigenvalue weighted by Crippen LogP contribution is 2.21. The van der Waals surface area contributed by atoms with Gasteiger partial charge in [0.05, 0.1) is 20.3 Å². The standard InChI is InChI=1S/C21H24N2O4/c1-26-17-7-3-14(4-8-17)12-23-21(25)19-11-16(13-22-19)20(24)15-5-9-18(27-2)10-6-15/h3-10,16,19,22H,11-13H2,1-2H3,(H,23,25). The van der Waals surface area contributed by atoms with E-state index >= 15 is 0 Å². The van der Waals surface area contributed by atoms with E-state index in [2.05, 4.69) is 10.6 Å². The third-order valence-corrected chi connectivity index (χ3v) is 4.82. The largest absolute Gasteiger partial charge is 0.497 e. The monoisotopic (exact) mass is 368 g/mol. The summed E-state index contributed by atoms with van der Waals surface area (Å²) in [6, 6.07) is 14.3. The molecule has 0 aromatic heterocycles. The van der Waals surface area contributed by atoms with E-state index in [1.54, 1.807) is 38.5 Å². The van der Waals surface area contributed by atoms with E-state index in [0.29, 0.717) is 30.8 Å². The van der Waals surface area contributed by atoms with Gasteiger partial charge in [0.2, 0.25) is 5.91 Å². The quantitative estimate of drug-likeness (QED) is 0.733. The predicted octanol–water partition coefficient (Wildman–Crippen LogP) is 2.18. The zero-order chi connectivity index (χ0) is 19.2. The van der Waals surface area contributed by atoms with Gasteiger partial charge in [-0.2, -0.15) is 0 Å². The van der Waals surface area contributed by atoms with Gasteiger partial charge < -0.3 is 20.1 Å². The summed E-state index contributed by atoms with van der Waals surface area (Å²) in [6.07, 6.45) is 0.499. The van der Waals surface area contributed by atoms with Gasteiger partial charge in [-0.1, -0.05) is 12.1 Å². The smallest absolute Gasteiger partial charge is 0.237 e. The number of ketones is 1.